The second kappa shape index (κ2) is 7.43. The standard InChI is InChI=1S/C14H21N3OS/c1-12-4-2-3-5-13(12)16-14(19)15-6-7-17-8-10-18-11-9-17/h2-5H,6-11H2,1H3,(H2,15,16,19). The van der Waals surface area contributed by atoms with Crippen LogP contribution in [0.3, 0.4) is 0 Å². The largest absolute Gasteiger partial charge is 0.379 e. The quantitative estimate of drug-likeness (QED) is 0.819. The van der Waals surface area contributed by atoms with Gasteiger partial charge < -0.3 is 15.4 Å². The molecule has 1 saturated heterocycles. The summed E-state index contributed by atoms with van der Waals surface area (Å²) in [5, 5.41) is 7.15. The van der Waals surface area contributed by atoms with Crippen LogP contribution in [-0.4, -0.2) is 49.4 Å². The lowest BCUT2D eigenvalue weighted by Gasteiger charge is -2.26. The fourth-order valence-corrected chi connectivity index (χ4v) is 2.24. The fourth-order valence-electron chi connectivity index (χ4n) is 2.03. The smallest absolute Gasteiger partial charge is 0.170 e. The Morgan fingerprint density at radius 1 is 1.32 bits per heavy atom. The third-order valence-corrected chi connectivity index (χ3v) is 3.46. The second-order valence-electron chi connectivity index (χ2n) is 4.65. The van der Waals surface area contributed by atoms with Crippen LogP contribution < -0.4 is 10.6 Å². The van der Waals surface area contributed by atoms with E-state index in [9.17, 15) is 0 Å². The number of anilines is 1. The number of benzene rings is 1. The Labute approximate surface area is 120 Å². The molecule has 1 heterocycles. The van der Waals surface area contributed by atoms with Gasteiger partial charge in [0, 0.05) is 31.9 Å². The molecule has 104 valence electrons. The number of ether oxygens (including phenoxy) is 1. The van der Waals surface area contributed by atoms with Gasteiger partial charge in [-0.05, 0) is 30.8 Å². The summed E-state index contributed by atoms with van der Waals surface area (Å²) in [4.78, 5) is 2.38. The molecule has 0 amide bonds. The van der Waals surface area contributed by atoms with Crippen LogP contribution in [0.2, 0.25) is 0 Å². The minimum Gasteiger partial charge on any atom is -0.379 e. The van der Waals surface area contributed by atoms with Crippen LogP contribution in [0.1, 0.15) is 5.56 Å². The fraction of sp³-hybridized carbons (Fsp3) is 0.500. The lowest BCUT2D eigenvalue weighted by Crippen LogP contribution is -2.42. The second-order valence-corrected chi connectivity index (χ2v) is 5.06. The van der Waals surface area contributed by atoms with Crippen molar-refractivity contribution >= 4 is 23.0 Å². The highest BCUT2D eigenvalue weighted by Crippen LogP contribution is 2.12. The Kier molecular flexibility index (Phi) is 5.57. The minimum absolute atomic E-state index is 0.683. The number of hydrogen-bond donors (Lipinski definition) is 2. The maximum absolute atomic E-state index is 5.32. The highest BCUT2D eigenvalue weighted by molar-refractivity contribution is 7.80. The van der Waals surface area contributed by atoms with Crippen LogP contribution in [0, 0.1) is 6.92 Å². The van der Waals surface area contributed by atoms with Crippen molar-refractivity contribution in [3.05, 3.63) is 29.8 Å². The van der Waals surface area contributed by atoms with Crippen LogP contribution in [-0.2, 0) is 4.74 Å². The number of morpholine rings is 1. The van der Waals surface area contributed by atoms with E-state index < -0.39 is 0 Å². The summed E-state index contributed by atoms with van der Waals surface area (Å²) in [6, 6.07) is 8.13. The zero-order valence-electron chi connectivity index (χ0n) is 11.3. The van der Waals surface area contributed by atoms with Crippen molar-refractivity contribution in [2.75, 3.05) is 44.7 Å². The zero-order chi connectivity index (χ0) is 13.5. The van der Waals surface area contributed by atoms with Gasteiger partial charge in [-0.3, -0.25) is 4.90 Å². The van der Waals surface area contributed by atoms with E-state index in [1.807, 2.05) is 18.2 Å². The predicted octanol–water partition coefficient (Wildman–Crippen LogP) is 1.61. The first-order valence-corrected chi connectivity index (χ1v) is 7.07. The van der Waals surface area contributed by atoms with Gasteiger partial charge in [0.25, 0.3) is 0 Å². The molecule has 1 fully saturated rings. The number of para-hydroxylation sites is 1. The molecule has 2 rings (SSSR count). The molecule has 0 aliphatic carbocycles. The first-order valence-electron chi connectivity index (χ1n) is 6.66. The SMILES string of the molecule is Cc1ccccc1NC(=S)NCCN1CCOCC1. The lowest BCUT2D eigenvalue weighted by molar-refractivity contribution is 0.0389. The molecule has 5 heteroatoms. The Morgan fingerprint density at radius 2 is 2.05 bits per heavy atom. The molecule has 1 aliphatic rings. The molecule has 0 spiro atoms. The van der Waals surface area contributed by atoms with Crippen molar-refractivity contribution in [3.63, 3.8) is 0 Å². The molecule has 2 N–H and O–H groups in total. The maximum Gasteiger partial charge on any atom is 0.170 e. The summed E-state index contributed by atoms with van der Waals surface area (Å²) in [7, 11) is 0. The molecular weight excluding hydrogens is 258 g/mol. The van der Waals surface area contributed by atoms with Crippen molar-refractivity contribution in [1.29, 1.82) is 0 Å². The zero-order valence-corrected chi connectivity index (χ0v) is 12.1. The van der Waals surface area contributed by atoms with E-state index in [0.717, 1.165) is 45.1 Å². The van der Waals surface area contributed by atoms with E-state index in [-0.39, 0.29) is 0 Å². The van der Waals surface area contributed by atoms with Gasteiger partial charge in [-0.15, -0.1) is 0 Å². The van der Waals surface area contributed by atoms with Gasteiger partial charge in [0.05, 0.1) is 13.2 Å². The average molecular weight is 279 g/mol. The van der Waals surface area contributed by atoms with Crippen molar-refractivity contribution in [2.24, 2.45) is 0 Å². The highest BCUT2D eigenvalue weighted by atomic mass is 32.1. The van der Waals surface area contributed by atoms with Crippen molar-refractivity contribution < 1.29 is 4.74 Å². The van der Waals surface area contributed by atoms with Gasteiger partial charge in [0.2, 0.25) is 0 Å². The normalized spacial score (nSPS) is 16.1. The maximum atomic E-state index is 5.32. The van der Waals surface area contributed by atoms with Gasteiger partial charge in [-0.25, -0.2) is 0 Å². The van der Waals surface area contributed by atoms with Crippen LogP contribution in [0.25, 0.3) is 0 Å². The number of nitrogens with one attached hydrogen (secondary N) is 2. The Balaban J connectivity index is 1.68. The van der Waals surface area contributed by atoms with Crippen LogP contribution in [0.5, 0.6) is 0 Å². The molecule has 0 atom stereocenters. The minimum atomic E-state index is 0.683. The molecule has 0 saturated carbocycles. The molecule has 0 aromatic heterocycles. The third-order valence-electron chi connectivity index (χ3n) is 3.21. The van der Waals surface area contributed by atoms with Crippen LogP contribution >= 0.6 is 12.2 Å². The first-order chi connectivity index (χ1) is 9.25. The number of nitrogens with zero attached hydrogens (tertiary/aromatic N) is 1. The lowest BCUT2D eigenvalue weighted by atomic mass is 10.2. The molecule has 1 aromatic carbocycles. The highest BCUT2D eigenvalue weighted by Gasteiger charge is 2.09. The summed E-state index contributed by atoms with van der Waals surface area (Å²) in [6.07, 6.45) is 0. The Hall–Kier alpha value is -1.17. The molecule has 0 bridgehead atoms. The van der Waals surface area contributed by atoms with Crippen molar-refractivity contribution in [3.8, 4) is 0 Å². The molecule has 4 nitrogen and oxygen atoms in total. The molecule has 0 radical (unpaired) electrons. The van der Waals surface area contributed by atoms with E-state index in [4.69, 9.17) is 17.0 Å². The summed E-state index contributed by atoms with van der Waals surface area (Å²) in [6.45, 7) is 7.63. The first kappa shape index (κ1) is 14.2. The van der Waals surface area contributed by atoms with Gasteiger partial charge in [0.15, 0.2) is 5.11 Å². The number of hydrogen-bond acceptors (Lipinski definition) is 3. The summed E-state index contributed by atoms with van der Waals surface area (Å²) in [5.41, 5.74) is 2.26. The molecule has 1 aromatic rings. The van der Waals surface area contributed by atoms with Crippen molar-refractivity contribution in [1.82, 2.24) is 10.2 Å². The van der Waals surface area contributed by atoms with Gasteiger partial charge in [-0.1, -0.05) is 18.2 Å². The van der Waals surface area contributed by atoms with E-state index in [2.05, 4.69) is 28.5 Å². The Morgan fingerprint density at radius 3 is 2.79 bits per heavy atom. The number of rotatable bonds is 4. The number of thiocarbonyl (C=S) groups is 1. The Bertz CT molecular complexity index is 419. The summed E-state index contributed by atoms with van der Waals surface area (Å²) >= 11 is 5.30. The molecule has 1 aliphatic heterocycles. The summed E-state index contributed by atoms with van der Waals surface area (Å²) < 4.78 is 5.32. The summed E-state index contributed by atoms with van der Waals surface area (Å²) in [5.74, 6) is 0. The average Bonchev–Trinajstić information content (AvgIpc) is 2.43. The van der Waals surface area contributed by atoms with Crippen molar-refractivity contribution in [2.45, 2.75) is 6.92 Å². The topological polar surface area (TPSA) is 36.5 Å². The van der Waals surface area contributed by atoms with E-state index in [1.165, 1.54) is 5.56 Å². The molecule has 19 heavy (non-hydrogen) atoms. The van der Waals surface area contributed by atoms with Crippen LogP contribution in [0.15, 0.2) is 24.3 Å². The third kappa shape index (κ3) is 4.78. The van der Waals surface area contributed by atoms with Gasteiger partial charge >= 0.3 is 0 Å². The van der Waals surface area contributed by atoms with E-state index in [0.29, 0.717) is 5.11 Å². The predicted molar refractivity (Wildman–Crippen MR) is 82.7 cm³/mol. The molecule has 0 unspecified atom stereocenters. The van der Waals surface area contributed by atoms with E-state index >= 15 is 0 Å². The van der Waals surface area contributed by atoms with Gasteiger partial charge in [0.1, 0.15) is 0 Å². The number of aryl methyl sites for hydroxylation is 1. The van der Waals surface area contributed by atoms with Gasteiger partial charge in [-0.2, -0.15) is 0 Å². The monoisotopic (exact) mass is 279 g/mol. The van der Waals surface area contributed by atoms with Crippen LogP contribution in [0.4, 0.5) is 5.69 Å². The van der Waals surface area contributed by atoms with E-state index in [1.54, 1.807) is 0 Å². The molecular formula is C14H21N3OS.